The van der Waals surface area contributed by atoms with E-state index in [1.165, 1.54) is 6.26 Å². The zero-order valence-corrected chi connectivity index (χ0v) is 17.9. The third-order valence-corrected chi connectivity index (χ3v) is 5.07. The van der Waals surface area contributed by atoms with E-state index in [1.807, 2.05) is 26.8 Å². The lowest BCUT2D eigenvalue weighted by atomic mass is 10.1. The fourth-order valence-electron chi connectivity index (χ4n) is 3.02. The number of ether oxygens (including phenoxy) is 1. The molecule has 2 aromatic rings. The Bertz CT molecular complexity index is 1020. The topological polar surface area (TPSA) is 101 Å². The molecule has 0 unspecified atom stereocenters. The molecule has 8 nitrogen and oxygen atoms in total. The van der Waals surface area contributed by atoms with Crippen molar-refractivity contribution in [3.8, 4) is 0 Å². The van der Waals surface area contributed by atoms with Gasteiger partial charge in [0, 0.05) is 24.7 Å². The lowest BCUT2D eigenvalue weighted by molar-refractivity contribution is 0.0220. The SMILES string of the molecule is CC(C)(C)OC(=O)N1CCc2cnc(Nc3cccc(CS(C)(=O)=O)c3)nc2C1. The number of carbonyl (C=O) groups is 1. The highest BCUT2D eigenvalue weighted by Gasteiger charge is 2.26. The maximum atomic E-state index is 12.3. The molecule has 0 bridgehead atoms. The molecule has 29 heavy (non-hydrogen) atoms. The van der Waals surface area contributed by atoms with Crippen LogP contribution in [0.2, 0.25) is 0 Å². The van der Waals surface area contributed by atoms with Gasteiger partial charge in [0.1, 0.15) is 5.60 Å². The van der Waals surface area contributed by atoms with Gasteiger partial charge in [0.2, 0.25) is 5.95 Å². The molecule has 9 heteroatoms. The summed E-state index contributed by atoms with van der Waals surface area (Å²) >= 11 is 0. The quantitative estimate of drug-likeness (QED) is 0.814. The van der Waals surface area contributed by atoms with Crippen LogP contribution in [0, 0.1) is 0 Å². The van der Waals surface area contributed by atoms with Crippen molar-refractivity contribution >= 4 is 27.6 Å². The van der Waals surface area contributed by atoms with E-state index >= 15 is 0 Å². The van der Waals surface area contributed by atoms with E-state index < -0.39 is 15.4 Å². The summed E-state index contributed by atoms with van der Waals surface area (Å²) in [4.78, 5) is 22.9. The van der Waals surface area contributed by atoms with Crippen LogP contribution in [0.25, 0.3) is 0 Å². The van der Waals surface area contributed by atoms with Gasteiger partial charge in [-0.3, -0.25) is 0 Å². The van der Waals surface area contributed by atoms with E-state index in [-0.39, 0.29) is 11.8 Å². The Morgan fingerprint density at radius 2 is 2.07 bits per heavy atom. The van der Waals surface area contributed by atoms with E-state index in [9.17, 15) is 13.2 Å². The second-order valence-corrected chi connectivity index (χ2v) is 10.4. The molecule has 1 aliphatic rings. The number of hydrogen-bond acceptors (Lipinski definition) is 7. The molecule has 0 aliphatic carbocycles. The Labute approximate surface area is 171 Å². The Morgan fingerprint density at radius 1 is 1.31 bits per heavy atom. The molecule has 156 valence electrons. The normalized spacial score (nSPS) is 14.3. The molecule has 1 N–H and O–H groups in total. The van der Waals surface area contributed by atoms with Gasteiger partial charge in [0.15, 0.2) is 9.84 Å². The van der Waals surface area contributed by atoms with Crippen molar-refractivity contribution in [1.29, 1.82) is 0 Å². The van der Waals surface area contributed by atoms with Gasteiger partial charge in [-0.25, -0.2) is 23.2 Å². The maximum Gasteiger partial charge on any atom is 0.410 e. The van der Waals surface area contributed by atoms with Gasteiger partial charge in [-0.2, -0.15) is 0 Å². The second-order valence-electron chi connectivity index (χ2n) is 8.21. The van der Waals surface area contributed by atoms with Gasteiger partial charge in [-0.15, -0.1) is 0 Å². The maximum absolute atomic E-state index is 12.3. The smallest absolute Gasteiger partial charge is 0.410 e. The highest BCUT2D eigenvalue weighted by Crippen LogP contribution is 2.22. The van der Waals surface area contributed by atoms with Crippen LogP contribution in [0.3, 0.4) is 0 Å². The minimum atomic E-state index is -3.11. The van der Waals surface area contributed by atoms with Gasteiger partial charge >= 0.3 is 6.09 Å². The monoisotopic (exact) mass is 418 g/mol. The van der Waals surface area contributed by atoms with Crippen molar-refractivity contribution in [2.75, 3.05) is 18.1 Å². The molecule has 0 atom stereocenters. The molecule has 1 aromatic heterocycles. The van der Waals surface area contributed by atoms with Gasteiger partial charge in [0.05, 0.1) is 18.0 Å². The minimum absolute atomic E-state index is 0.0294. The van der Waals surface area contributed by atoms with E-state index in [4.69, 9.17) is 4.74 Å². The summed E-state index contributed by atoms with van der Waals surface area (Å²) in [7, 11) is -3.11. The van der Waals surface area contributed by atoms with Gasteiger partial charge in [-0.1, -0.05) is 12.1 Å². The molecule has 2 heterocycles. The third-order valence-electron chi connectivity index (χ3n) is 4.21. The number of hydrogen-bond donors (Lipinski definition) is 1. The lowest BCUT2D eigenvalue weighted by Crippen LogP contribution is -2.40. The summed E-state index contributed by atoms with van der Waals surface area (Å²) < 4.78 is 28.5. The summed E-state index contributed by atoms with van der Waals surface area (Å²) in [6.07, 6.45) is 3.27. The highest BCUT2D eigenvalue weighted by molar-refractivity contribution is 7.89. The van der Waals surface area contributed by atoms with Crippen LogP contribution in [-0.4, -0.2) is 47.8 Å². The molecule has 0 radical (unpaired) electrons. The summed E-state index contributed by atoms with van der Waals surface area (Å²) in [5.41, 5.74) is 2.61. The first-order valence-electron chi connectivity index (χ1n) is 9.35. The van der Waals surface area contributed by atoms with Crippen molar-refractivity contribution in [3.05, 3.63) is 47.3 Å². The lowest BCUT2D eigenvalue weighted by Gasteiger charge is -2.30. The summed E-state index contributed by atoms with van der Waals surface area (Å²) in [5.74, 6) is 0.365. The number of nitrogens with one attached hydrogen (secondary N) is 1. The van der Waals surface area contributed by atoms with Crippen LogP contribution in [0.1, 0.15) is 37.6 Å². The van der Waals surface area contributed by atoms with Gasteiger partial charge in [-0.05, 0) is 50.5 Å². The number of anilines is 2. The number of carbonyl (C=O) groups excluding carboxylic acids is 1. The largest absolute Gasteiger partial charge is 0.444 e. The second kappa shape index (κ2) is 7.98. The summed E-state index contributed by atoms with van der Waals surface area (Å²) in [6, 6.07) is 7.13. The predicted octanol–water partition coefficient (Wildman–Crippen LogP) is 3.06. The number of aromatic nitrogens is 2. The molecule has 0 spiro atoms. The minimum Gasteiger partial charge on any atom is -0.444 e. The van der Waals surface area contributed by atoms with E-state index in [2.05, 4.69) is 15.3 Å². The molecule has 3 rings (SSSR count). The van der Waals surface area contributed by atoms with Crippen LogP contribution in [0.15, 0.2) is 30.5 Å². The Hall–Kier alpha value is -2.68. The number of amides is 1. The van der Waals surface area contributed by atoms with Crippen LogP contribution in [0.5, 0.6) is 0 Å². The van der Waals surface area contributed by atoms with Crippen molar-refractivity contribution in [2.45, 2.75) is 45.1 Å². The Kier molecular flexibility index (Phi) is 5.79. The highest BCUT2D eigenvalue weighted by atomic mass is 32.2. The zero-order valence-electron chi connectivity index (χ0n) is 17.1. The van der Waals surface area contributed by atoms with E-state index in [0.29, 0.717) is 36.7 Å². The molecule has 1 amide bonds. The van der Waals surface area contributed by atoms with Crippen LogP contribution in [0.4, 0.5) is 16.4 Å². The molecular formula is C20H26N4O4S. The first kappa shape index (κ1) is 21.0. The average Bonchev–Trinajstić information content (AvgIpc) is 2.58. The average molecular weight is 419 g/mol. The molecule has 0 saturated heterocycles. The first-order valence-corrected chi connectivity index (χ1v) is 11.4. The molecular weight excluding hydrogens is 392 g/mol. The Balaban J connectivity index is 1.74. The van der Waals surface area contributed by atoms with E-state index in [1.54, 1.807) is 29.3 Å². The van der Waals surface area contributed by atoms with Crippen molar-refractivity contribution in [3.63, 3.8) is 0 Å². The number of benzene rings is 1. The third kappa shape index (κ3) is 6.15. The zero-order chi connectivity index (χ0) is 21.2. The fraction of sp³-hybridized carbons (Fsp3) is 0.450. The van der Waals surface area contributed by atoms with Crippen molar-refractivity contribution in [1.82, 2.24) is 14.9 Å². The summed E-state index contributed by atoms with van der Waals surface area (Å²) in [5, 5.41) is 3.11. The van der Waals surface area contributed by atoms with E-state index in [0.717, 1.165) is 11.3 Å². The number of nitrogens with zero attached hydrogens (tertiary/aromatic N) is 3. The Morgan fingerprint density at radius 3 is 2.76 bits per heavy atom. The molecule has 0 saturated carbocycles. The van der Waals surface area contributed by atoms with Gasteiger partial charge < -0.3 is 15.0 Å². The van der Waals surface area contributed by atoms with Crippen molar-refractivity contribution in [2.24, 2.45) is 0 Å². The number of sulfone groups is 1. The predicted molar refractivity (Wildman–Crippen MR) is 111 cm³/mol. The number of rotatable bonds is 4. The fourth-order valence-corrected chi connectivity index (χ4v) is 3.80. The van der Waals surface area contributed by atoms with Crippen LogP contribution in [-0.2, 0) is 33.3 Å². The van der Waals surface area contributed by atoms with Crippen molar-refractivity contribution < 1.29 is 17.9 Å². The first-order chi connectivity index (χ1) is 13.5. The van der Waals surface area contributed by atoms with Gasteiger partial charge in [0.25, 0.3) is 0 Å². The summed E-state index contributed by atoms with van der Waals surface area (Å²) in [6.45, 7) is 6.43. The molecule has 1 aromatic carbocycles. The standard InChI is InChI=1S/C20H26N4O4S/c1-20(2,3)28-19(25)24-9-8-15-11-21-18(23-17(15)12-24)22-16-7-5-6-14(10-16)13-29(4,26)27/h5-7,10-11H,8-9,12-13H2,1-4H3,(H,21,22,23). The van der Waals surface area contributed by atoms with Crippen LogP contribution < -0.4 is 5.32 Å². The molecule has 1 aliphatic heterocycles. The molecule has 0 fully saturated rings. The van der Waals surface area contributed by atoms with Crippen LogP contribution >= 0.6 is 0 Å². The number of fused-ring (bicyclic) bond motifs is 1.